The lowest BCUT2D eigenvalue weighted by atomic mass is 10.1. The third-order valence-corrected chi connectivity index (χ3v) is 4.48. The zero-order valence-electron chi connectivity index (χ0n) is 12.8. The van der Waals surface area contributed by atoms with E-state index >= 15 is 0 Å². The fourth-order valence-electron chi connectivity index (χ4n) is 1.93. The lowest BCUT2D eigenvalue weighted by molar-refractivity contribution is -0.144. The SMILES string of the molecule is C[C@H](NC(=O)COC(=O)/C=C/c1cccs1)c1ccc(Cl)cc1Cl. The highest BCUT2D eigenvalue weighted by molar-refractivity contribution is 7.10. The minimum atomic E-state index is -0.573. The summed E-state index contributed by atoms with van der Waals surface area (Å²) < 4.78 is 4.90. The average molecular weight is 384 g/mol. The predicted octanol–water partition coefficient (Wildman–Crippen LogP) is 4.49. The number of rotatable bonds is 6. The van der Waals surface area contributed by atoms with Crippen LogP contribution in [0.4, 0.5) is 0 Å². The highest BCUT2D eigenvalue weighted by atomic mass is 35.5. The molecule has 0 fully saturated rings. The van der Waals surface area contributed by atoms with Crippen molar-refractivity contribution in [1.29, 1.82) is 0 Å². The number of amides is 1. The van der Waals surface area contributed by atoms with Crippen LogP contribution in [0.15, 0.2) is 41.8 Å². The molecule has 4 nitrogen and oxygen atoms in total. The Bertz CT molecular complexity index is 744. The molecule has 2 aromatic rings. The van der Waals surface area contributed by atoms with Crippen LogP contribution in [0.25, 0.3) is 6.08 Å². The first-order valence-electron chi connectivity index (χ1n) is 7.08. The topological polar surface area (TPSA) is 55.4 Å². The number of esters is 1. The first-order chi connectivity index (χ1) is 11.5. The standard InChI is InChI=1S/C17H15Cl2NO3S/c1-11(14-6-4-12(18)9-15(14)19)20-16(21)10-23-17(22)7-5-13-3-2-8-24-13/h2-9,11H,10H2,1H3,(H,20,21)/b7-5+/t11-/m0/s1. The lowest BCUT2D eigenvalue weighted by Gasteiger charge is -2.15. The molecule has 0 radical (unpaired) electrons. The Morgan fingerprint density at radius 3 is 2.79 bits per heavy atom. The number of benzene rings is 1. The van der Waals surface area contributed by atoms with Crippen LogP contribution in [0.1, 0.15) is 23.4 Å². The zero-order chi connectivity index (χ0) is 17.5. The summed E-state index contributed by atoms with van der Waals surface area (Å²) in [5.74, 6) is -0.984. The Morgan fingerprint density at radius 2 is 2.12 bits per heavy atom. The molecule has 0 saturated heterocycles. The van der Waals surface area contributed by atoms with Crippen LogP contribution < -0.4 is 5.32 Å². The van der Waals surface area contributed by atoms with E-state index in [-0.39, 0.29) is 12.6 Å². The van der Waals surface area contributed by atoms with E-state index in [2.05, 4.69) is 5.32 Å². The Balaban J connectivity index is 1.81. The number of carbonyl (C=O) groups is 2. The molecule has 0 bridgehead atoms. The second-order valence-electron chi connectivity index (χ2n) is 4.91. The van der Waals surface area contributed by atoms with Crippen LogP contribution in [0.2, 0.25) is 10.0 Å². The second kappa shape index (κ2) is 8.87. The fraction of sp³-hybridized carbons (Fsp3) is 0.176. The Morgan fingerprint density at radius 1 is 1.33 bits per heavy atom. The van der Waals surface area contributed by atoms with Gasteiger partial charge < -0.3 is 10.1 Å². The summed E-state index contributed by atoms with van der Waals surface area (Å²) in [7, 11) is 0. The second-order valence-corrected chi connectivity index (χ2v) is 6.73. The molecule has 1 heterocycles. The van der Waals surface area contributed by atoms with Crippen LogP contribution in [0.5, 0.6) is 0 Å². The number of ether oxygens (including phenoxy) is 1. The molecule has 126 valence electrons. The molecule has 2 rings (SSSR count). The highest BCUT2D eigenvalue weighted by Gasteiger charge is 2.14. The molecule has 1 amide bonds. The first kappa shape index (κ1) is 18.5. The van der Waals surface area contributed by atoms with Gasteiger partial charge in [-0.2, -0.15) is 0 Å². The molecular weight excluding hydrogens is 369 g/mol. The first-order valence-corrected chi connectivity index (χ1v) is 8.72. The van der Waals surface area contributed by atoms with E-state index in [1.54, 1.807) is 31.2 Å². The smallest absolute Gasteiger partial charge is 0.331 e. The molecule has 0 spiro atoms. The van der Waals surface area contributed by atoms with Crippen molar-refractivity contribution in [2.45, 2.75) is 13.0 Å². The number of carbonyl (C=O) groups excluding carboxylic acids is 2. The van der Waals surface area contributed by atoms with Gasteiger partial charge in [-0.25, -0.2) is 4.79 Å². The van der Waals surface area contributed by atoms with Gasteiger partial charge in [0.25, 0.3) is 5.91 Å². The molecule has 1 atom stereocenters. The van der Waals surface area contributed by atoms with E-state index in [9.17, 15) is 9.59 Å². The number of nitrogens with one attached hydrogen (secondary N) is 1. The van der Waals surface area contributed by atoms with E-state index < -0.39 is 11.9 Å². The predicted molar refractivity (Wildman–Crippen MR) is 97.3 cm³/mol. The molecular formula is C17H15Cl2NO3S. The van der Waals surface area contributed by atoms with Crippen molar-refractivity contribution in [2.24, 2.45) is 0 Å². The van der Waals surface area contributed by atoms with Gasteiger partial charge in [0, 0.05) is 21.0 Å². The molecule has 0 aliphatic carbocycles. The van der Waals surface area contributed by atoms with Gasteiger partial charge >= 0.3 is 5.97 Å². The normalized spacial score (nSPS) is 12.1. The maximum absolute atomic E-state index is 11.9. The van der Waals surface area contributed by atoms with E-state index in [1.807, 2.05) is 17.5 Å². The van der Waals surface area contributed by atoms with Crippen molar-refractivity contribution in [3.63, 3.8) is 0 Å². The van der Waals surface area contributed by atoms with Gasteiger partial charge in [-0.1, -0.05) is 35.3 Å². The molecule has 1 aromatic carbocycles. The van der Waals surface area contributed by atoms with Gasteiger partial charge in [-0.3, -0.25) is 4.79 Å². The van der Waals surface area contributed by atoms with Gasteiger partial charge in [-0.05, 0) is 42.1 Å². The van der Waals surface area contributed by atoms with Crippen molar-refractivity contribution >= 4 is 52.5 Å². The molecule has 0 saturated carbocycles. The highest BCUT2D eigenvalue weighted by Crippen LogP contribution is 2.25. The van der Waals surface area contributed by atoms with Crippen LogP contribution >= 0.6 is 34.5 Å². The summed E-state index contributed by atoms with van der Waals surface area (Å²) in [6, 6.07) is 8.47. The molecule has 0 aliphatic rings. The van der Waals surface area contributed by atoms with Crippen molar-refractivity contribution in [3.05, 3.63) is 62.3 Å². The maximum atomic E-state index is 11.9. The summed E-state index contributed by atoms with van der Waals surface area (Å²) in [6.07, 6.45) is 2.93. The van der Waals surface area contributed by atoms with Gasteiger partial charge in [-0.15, -0.1) is 11.3 Å². The summed E-state index contributed by atoms with van der Waals surface area (Å²) in [5.41, 5.74) is 0.735. The van der Waals surface area contributed by atoms with E-state index in [4.69, 9.17) is 27.9 Å². The Hall–Kier alpha value is -1.82. The molecule has 7 heteroatoms. The zero-order valence-corrected chi connectivity index (χ0v) is 15.1. The van der Waals surface area contributed by atoms with Crippen molar-refractivity contribution in [1.82, 2.24) is 5.32 Å². The molecule has 1 aromatic heterocycles. The monoisotopic (exact) mass is 383 g/mol. The van der Waals surface area contributed by atoms with E-state index in [0.717, 1.165) is 10.4 Å². The average Bonchev–Trinajstić information content (AvgIpc) is 3.04. The number of halogens is 2. The summed E-state index contributed by atoms with van der Waals surface area (Å²) in [5, 5.41) is 5.61. The number of hydrogen-bond acceptors (Lipinski definition) is 4. The third-order valence-electron chi connectivity index (χ3n) is 3.08. The molecule has 1 N–H and O–H groups in total. The van der Waals surface area contributed by atoms with Gasteiger partial charge in [0.1, 0.15) is 0 Å². The minimum Gasteiger partial charge on any atom is -0.452 e. The molecule has 24 heavy (non-hydrogen) atoms. The fourth-order valence-corrected chi connectivity index (χ4v) is 3.12. The van der Waals surface area contributed by atoms with Crippen LogP contribution in [0, 0.1) is 0 Å². The van der Waals surface area contributed by atoms with Crippen LogP contribution in [-0.4, -0.2) is 18.5 Å². The van der Waals surface area contributed by atoms with Crippen LogP contribution in [0.3, 0.4) is 0 Å². The lowest BCUT2D eigenvalue weighted by Crippen LogP contribution is -2.31. The van der Waals surface area contributed by atoms with Gasteiger partial charge in [0.15, 0.2) is 6.61 Å². The summed E-state index contributed by atoms with van der Waals surface area (Å²) >= 11 is 13.4. The number of hydrogen-bond donors (Lipinski definition) is 1. The van der Waals surface area contributed by atoms with Crippen LogP contribution in [-0.2, 0) is 14.3 Å². The van der Waals surface area contributed by atoms with Crippen molar-refractivity contribution in [3.8, 4) is 0 Å². The van der Waals surface area contributed by atoms with Crippen molar-refractivity contribution < 1.29 is 14.3 Å². The number of thiophene rings is 1. The van der Waals surface area contributed by atoms with E-state index in [0.29, 0.717) is 10.0 Å². The summed E-state index contributed by atoms with van der Waals surface area (Å²) in [4.78, 5) is 24.4. The molecule has 0 aliphatic heterocycles. The quantitative estimate of drug-likeness (QED) is 0.590. The van der Waals surface area contributed by atoms with Crippen molar-refractivity contribution in [2.75, 3.05) is 6.61 Å². The van der Waals surface area contributed by atoms with E-state index in [1.165, 1.54) is 17.4 Å². The molecule has 0 unspecified atom stereocenters. The minimum absolute atomic E-state index is 0.331. The largest absolute Gasteiger partial charge is 0.452 e. The Kier molecular flexibility index (Phi) is 6.85. The summed E-state index contributed by atoms with van der Waals surface area (Å²) in [6.45, 7) is 1.43. The Labute approximate surface area is 154 Å². The van der Waals surface area contributed by atoms with Gasteiger partial charge in [0.05, 0.1) is 6.04 Å². The third kappa shape index (κ3) is 5.67. The van der Waals surface area contributed by atoms with Gasteiger partial charge in [0.2, 0.25) is 0 Å². The maximum Gasteiger partial charge on any atom is 0.331 e.